The van der Waals surface area contributed by atoms with Crippen molar-refractivity contribution in [2.24, 2.45) is 0 Å². The Morgan fingerprint density at radius 1 is 1.03 bits per heavy atom. The third-order valence-electron chi connectivity index (χ3n) is 6.04. The Morgan fingerprint density at radius 2 is 1.77 bits per heavy atom. The Bertz CT molecular complexity index is 1190. The number of thiophene rings is 1. The van der Waals surface area contributed by atoms with Crippen LogP contribution in [0.15, 0.2) is 66.0 Å². The van der Waals surface area contributed by atoms with Crippen LogP contribution in [-0.4, -0.2) is 34.8 Å². The van der Waals surface area contributed by atoms with Crippen molar-refractivity contribution in [3.8, 4) is 10.4 Å². The second kappa shape index (κ2) is 7.35. The van der Waals surface area contributed by atoms with E-state index < -0.39 is 5.66 Å². The second-order valence-electron chi connectivity index (χ2n) is 7.93. The fraction of sp³-hybridized carbons (Fsp3) is 0.208. The molecule has 2 aliphatic heterocycles. The summed E-state index contributed by atoms with van der Waals surface area (Å²) in [4.78, 5) is 43.3. The molecule has 0 spiro atoms. The van der Waals surface area contributed by atoms with Crippen LogP contribution >= 0.6 is 11.3 Å². The lowest BCUT2D eigenvalue weighted by molar-refractivity contribution is -0.120. The molecule has 1 N–H and O–H groups in total. The number of rotatable bonds is 4. The van der Waals surface area contributed by atoms with Gasteiger partial charge in [-0.15, -0.1) is 11.3 Å². The van der Waals surface area contributed by atoms with Crippen LogP contribution in [-0.2, 0) is 9.59 Å². The third kappa shape index (κ3) is 3.13. The first-order chi connectivity index (χ1) is 15.0. The minimum absolute atomic E-state index is 0.0316. The van der Waals surface area contributed by atoms with Crippen LogP contribution in [0.1, 0.15) is 30.1 Å². The molecule has 1 fully saturated rings. The van der Waals surface area contributed by atoms with Crippen LogP contribution in [0.25, 0.3) is 10.4 Å². The van der Waals surface area contributed by atoms with Gasteiger partial charge >= 0.3 is 0 Å². The summed E-state index contributed by atoms with van der Waals surface area (Å²) < 4.78 is 0. The minimum atomic E-state index is -0.854. The van der Waals surface area contributed by atoms with E-state index in [1.54, 1.807) is 34.4 Å². The van der Waals surface area contributed by atoms with Crippen molar-refractivity contribution in [2.45, 2.75) is 25.4 Å². The first kappa shape index (κ1) is 19.5. The Morgan fingerprint density at radius 3 is 2.55 bits per heavy atom. The number of hydrogen-bond acceptors (Lipinski definition) is 4. The van der Waals surface area contributed by atoms with E-state index >= 15 is 0 Å². The lowest BCUT2D eigenvalue weighted by atomic mass is 9.98. The normalized spacial score (nSPS) is 19.9. The quantitative estimate of drug-likeness (QED) is 0.668. The van der Waals surface area contributed by atoms with Gasteiger partial charge in [0.15, 0.2) is 0 Å². The van der Waals surface area contributed by atoms with E-state index in [0.717, 1.165) is 10.4 Å². The standard InChI is InChI=1S/C24H21N3O3S/c1-24-13-12-22(29)27(24)19-10-5-3-8-17(19)23(30)26(24)15-21(28)25-18-9-4-2-7-16(18)20-11-6-14-31-20/h2-11,14H,12-13,15H2,1H3,(H,25,28). The second-order valence-corrected chi connectivity index (χ2v) is 8.87. The average molecular weight is 432 g/mol. The molecule has 2 aromatic carbocycles. The minimum Gasteiger partial charge on any atom is -0.324 e. The van der Waals surface area contributed by atoms with Gasteiger partial charge in [-0.05, 0) is 43.0 Å². The predicted molar refractivity (Wildman–Crippen MR) is 121 cm³/mol. The molecule has 156 valence electrons. The van der Waals surface area contributed by atoms with Crippen LogP contribution in [0.2, 0.25) is 0 Å². The zero-order chi connectivity index (χ0) is 21.6. The van der Waals surface area contributed by atoms with Gasteiger partial charge in [0.1, 0.15) is 12.2 Å². The van der Waals surface area contributed by atoms with Crippen molar-refractivity contribution in [1.29, 1.82) is 0 Å². The molecule has 0 bridgehead atoms. The summed E-state index contributed by atoms with van der Waals surface area (Å²) >= 11 is 1.60. The van der Waals surface area contributed by atoms with Crippen molar-refractivity contribution in [1.82, 2.24) is 4.90 Å². The van der Waals surface area contributed by atoms with E-state index in [-0.39, 0.29) is 24.3 Å². The van der Waals surface area contributed by atoms with Gasteiger partial charge in [0, 0.05) is 22.5 Å². The van der Waals surface area contributed by atoms with Gasteiger partial charge in [-0.3, -0.25) is 19.3 Å². The maximum atomic E-state index is 13.3. The van der Waals surface area contributed by atoms with Gasteiger partial charge in [-0.2, -0.15) is 0 Å². The molecule has 0 radical (unpaired) electrons. The molecule has 7 heteroatoms. The number of nitrogens with one attached hydrogen (secondary N) is 1. The van der Waals surface area contributed by atoms with E-state index in [0.29, 0.717) is 29.8 Å². The lowest BCUT2D eigenvalue weighted by Gasteiger charge is -2.48. The van der Waals surface area contributed by atoms with Crippen molar-refractivity contribution in [3.05, 3.63) is 71.6 Å². The molecule has 3 aromatic rings. The highest BCUT2D eigenvalue weighted by Crippen LogP contribution is 2.44. The molecule has 31 heavy (non-hydrogen) atoms. The predicted octanol–water partition coefficient (Wildman–Crippen LogP) is 4.35. The topological polar surface area (TPSA) is 69.7 Å². The summed E-state index contributed by atoms with van der Waals surface area (Å²) in [6.45, 7) is 1.73. The Kier molecular flexibility index (Phi) is 4.63. The number of anilines is 2. The molecule has 3 amide bonds. The molecule has 2 aliphatic rings. The maximum absolute atomic E-state index is 13.3. The maximum Gasteiger partial charge on any atom is 0.258 e. The average Bonchev–Trinajstić information content (AvgIpc) is 3.40. The molecule has 1 saturated heterocycles. The number of carbonyl (C=O) groups excluding carboxylic acids is 3. The number of benzene rings is 2. The largest absolute Gasteiger partial charge is 0.324 e. The summed E-state index contributed by atoms with van der Waals surface area (Å²) in [5.74, 6) is -0.557. The molecule has 1 aromatic heterocycles. The number of carbonyl (C=O) groups is 3. The van der Waals surface area contributed by atoms with Gasteiger partial charge in [-0.25, -0.2) is 0 Å². The van der Waals surface area contributed by atoms with E-state index in [4.69, 9.17) is 0 Å². The van der Waals surface area contributed by atoms with Gasteiger partial charge in [-0.1, -0.05) is 36.4 Å². The fourth-order valence-electron chi connectivity index (χ4n) is 4.51. The van der Waals surface area contributed by atoms with Crippen LogP contribution in [0.4, 0.5) is 11.4 Å². The van der Waals surface area contributed by atoms with E-state index in [1.165, 1.54) is 4.90 Å². The first-order valence-corrected chi connectivity index (χ1v) is 11.0. The molecule has 1 unspecified atom stereocenters. The highest BCUT2D eigenvalue weighted by molar-refractivity contribution is 7.13. The highest BCUT2D eigenvalue weighted by atomic mass is 32.1. The van der Waals surface area contributed by atoms with Crippen LogP contribution in [0.5, 0.6) is 0 Å². The number of fused-ring (bicyclic) bond motifs is 3. The summed E-state index contributed by atoms with van der Waals surface area (Å²) in [7, 11) is 0. The Labute approximate surface area is 184 Å². The van der Waals surface area contributed by atoms with Crippen LogP contribution in [0.3, 0.4) is 0 Å². The van der Waals surface area contributed by atoms with E-state index in [9.17, 15) is 14.4 Å². The highest BCUT2D eigenvalue weighted by Gasteiger charge is 2.53. The van der Waals surface area contributed by atoms with E-state index in [1.807, 2.05) is 54.8 Å². The van der Waals surface area contributed by atoms with Gasteiger partial charge in [0.05, 0.1) is 11.3 Å². The monoisotopic (exact) mass is 431 g/mol. The molecule has 0 aliphatic carbocycles. The number of hydrogen-bond donors (Lipinski definition) is 1. The SMILES string of the molecule is CC12CCC(=O)N1c1ccccc1C(=O)N2CC(=O)Nc1ccccc1-c1cccs1. The fourth-order valence-corrected chi connectivity index (χ4v) is 5.28. The smallest absolute Gasteiger partial charge is 0.258 e. The summed E-state index contributed by atoms with van der Waals surface area (Å²) in [5, 5.41) is 4.96. The lowest BCUT2D eigenvalue weighted by Crippen LogP contribution is -2.63. The Balaban J connectivity index is 1.45. The van der Waals surface area contributed by atoms with Crippen molar-refractivity contribution in [2.75, 3.05) is 16.8 Å². The van der Waals surface area contributed by atoms with Gasteiger partial charge in [0.2, 0.25) is 11.8 Å². The van der Waals surface area contributed by atoms with Gasteiger partial charge in [0.25, 0.3) is 5.91 Å². The van der Waals surface area contributed by atoms with E-state index in [2.05, 4.69) is 5.32 Å². The molecular formula is C24H21N3O3S. The van der Waals surface area contributed by atoms with Gasteiger partial charge < -0.3 is 10.2 Å². The van der Waals surface area contributed by atoms with Crippen molar-refractivity contribution >= 4 is 40.4 Å². The first-order valence-electron chi connectivity index (χ1n) is 10.2. The summed E-state index contributed by atoms with van der Waals surface area (Å²) in [6, 6.07) is 18.7. The Hall–Kier alpha value is -3.45. The number of amides is 3. The zero-order valence-corrected chi connectivity index (χ0v) is 17.8. The van der Waals surface area contributed by atoms with Crippen LogP contribution < -0.4 is 10.2 Å². The summed E-state index contributed by atoms with van der Waals surface area (Å²) in [6.07, 6.45) is 0.836. The molecular weight excluding hydrogens is 410 g/mol. The molecule has 6 nitrogen and oxygen atoms in total. The number of para-hydroxylation sites is 2. The molecule has 3 heterocycles. The molecule has 1 atom stereocenters. The van der Waals surface area contributed by atoms with Crippen LogP contribution in [0, 0.1) is 0 Å². The van der Waals surface area contributed by atoms with Crippen molar-refractivity contribution in [3.63, 3.8) is 0 Å². The zero-order valence-electron chi connectivity index (χ0n) is 17.0. The summed E-state index contributed by atoms with van der Waals surface area (Å²) in [5.41, 5.74) is 1.85. The molecule has 0 saturated carbocycles. The molecule has 5 rings (SSSR count). The third-order valence-corrected chi connectivity index (χ3v) is 6.94. The van der Waals surface area contributed by atoms with Crippen molar-refractivity contribution < 1.29 is 14.4 Å². The number of nitrogens with zero attached hydrogens (tertiary/aromatic N) is 2.